The second kappa shape index (κ2) is 13.2. The van der Waals surface area contributed by atoms with E-state index in [4.69, 9.17) is 4.42 Å². The van der Waals surface area contributed by atoms with Crippen LogP contribution in [0.1, 0.15) is 61.8 Å². The van der Waals surface area contributed by atoms with Gasteiger partial charge in [-0.15, -0.1) is 0 Å². The van der Waals surface area contributed by atoms with Gasteiger partial charge in [-0.2, -0.15) is 0 Å². The minimum atomic E-state index is -0.265. The first-order chi connectivity index (χ1) is 28.0. The number of fused-ring (bicyclic) bond motifs is 10. The number of nitrogens with zero attached hydrogens (tertiary/aromatic N) is 1. The zero-order valence-electron chi connectivity index (χ0n) is 32.4. The Bertz CT molecular complexity index is 3010. The molecule has 0 aliphatic heterocycles. The molecule has 1 heterocycles. The quantitative estimate of drug-likeness (QED) is 0.169. The molecular formula is C55H43NO. The van der Waals surface area contributed by atoms with Crippen molar-refractivity contribution in [2.24, 2.45) is 0 Å². The van der Waals surface area contributed by atoms with Gasteiger partial charge in [0.15, 0.2) is 0 Å². The summed E-state index contributed by atoms with van der Waals surface area (Å²) in [5.74, 6) is 0. The fraction of sp³-hybridized carbons (Fsp3) is 0.127. The molecule has 7 aromatic carbocycles. The van der Waals surface area contributed by atoms with Crippen LogP contribution in [0.4, 0.5) is 5.69 Å². The molecule has 0 bridgehead atoms. The highest BCUT2D eigenvalue weighted by Gasteiger charge is 2.40. The Balaban J connectivity index is 1.12. The lowest BCUT2D eigenvalue weighted by Gasteiger charge is -2.35. The van der Waals surface area contributed by atoms with Crippen LogP contribution in [0.25, 0.3) is 66.1 Å². The summed E-state index contributed by atoms with van der Waals surface area (Å²) in [6, 6.07) is 55.3. The van der Waals surface area contributed by atoms with Crippen molar-refractivity contribution in [3.8, 4) is 22.3 Å². The summed E-state index contributed by atoms with van der Waals surface area (Å²) in [4.78, 5) is 2.60. The summed E-state index contributed by atoms with van der Waals surface area (Å²) < 4.78 is 7.05. The average Bonchev–Trinajstić information content (AvgIpc) is 3.77. The van der Waals surface area contributed by atoms with Gasteiger partial charge in [0.05, 0.1) is 0 Å². The maximum absolute atomic E-state index is 7.05. The van der Waals surface area contributed by atoms with Crippen molar-refractivity contribution in [2.45, 2.75) is 44.9 Å². The Hall–Kier alpha value is -6.64. The highest BCUT2D eigenvalue weighted by molar-refractivity contribution is 6.25. The van der Waals surface area contributed by atoms with Gasteiger partial charge in [0.2, 0.25) is 0 Å². The topological polar surface area (TPSA) is 16.4 Å². The lowest BCUT2D eigenvalue weighted by atomic mass is 9.79. The zero-order chi connectivity index (χ0) is 38.1. The number of benzene rings is 7. The average molecular weight is 734 g/mol. The van der Waals surface area contributed by atoms with Crippen molar-refractivity contribution in [1.82, 2.24) is 0 Å². The van der Waals surface area contributed by atoms with Gasteiger partial charge in [-0.1, -0.05) is 159 Å². The first kappa shape index (κ1) is 33.7. The van der Waals surface area contributed by atoms with Crippen LogP contribution in [-0.4, -0.2) is 0 Å². The second-order valence-corrected chi connectivity index (χ2v) is 16.3. The van der Waals surface area contributed by atoms with Gasteiger partial charge in [0, 0.05) is 44.4 Å². The third kappa shape index (κ3) is 5.39. The fourth-order valence-electron chi connectivity index (χ4n) is 9.93. The van der Waals surface area contributed by atoms with Gasteiger partial charge in [-0.25, -0.2) is 0 Å². The molecule has 0 saturated heterocycles. The summed E-state index contributed by atoms with van der Waals surface area (Å²) in [6.07, 6.45) is 13.4. The van der Waals surface area contributed by atoms with E-state index in [0.29, 0.717) is 0 Å². The maximum atomic E-state index is 7.05. The number of rotatable bonds is 6. The summed E-state index contributed by atoms with van der Waals surface area (Å²) in [5, 5.41) is 4.92. The number of furan rings is 1. The van der Waals surface area contributed by atoms with Crippen LogP contribution in [0.3, 0.4) is 0 Å². The lowest BCUT2D eigenvalue weighted by Crippen LogP contribution is -2.25. The van der Waals surface area contributed by atoms with Crippen molar-refractivity contribution >= 4 is 49.5 Å². The van der Waals surface area contributed by atoms with Crippen LogP contribution in [0.15, 0.2) is 192 Å². The van der Waals surface area contributed by atoms with Crippen LogP contribution in [0.2, 0.25) is 0 Å². The second-order valence-electron chi connectivity index (χ2n) is 16.3. The molecular weight excluding hydrogens is 691 g/mol. The highest BCUT2D eigenvalue weighted by atomic mass is 16.3. The van der Waals surface area contributed by atoms with Crippen LogP contribution < -0.4 is 4.90 Å². The molecule has 0 spiro atoms. The van der Waals surface area contributed by atoms with E-state index < -0.39 is 0 Å². The van der Waals surface area contributed by atoms with Crippen molar-refractivity contribution in [3.63, 3.8) is 0 Å². The molecule has 2 nitrogen and oxygen atoms in total. The van der Waals surface area contributed by atoms with Crippen LogP contribution >= 0.6 is 0 Å². The molecule has 0 unspecified atom stereocenters. The van der Waals surface area contributed by atoms with E-state index in [0.717, 1.165) is 47.8 Å². The summed E-state index contributed by atoms with van der Waals surface area (Å²) in [7, 11) is 0. The molecule has 0 amide bonds. The molecule has 1 aromatic heterocycles. The van der Waals surface area contributed by atoms with Gasteiger partial charge < -0.3 is 9.32 Å². The molecule has 3 aliphatic carbocycles. The smallest absolute Gasteiger partial charge is 0.144 e. The molecule has 2 heteroatoms. The first-order valence-electron chi connectivity index (χ1n) is 20.4. The minimum Gasteiger partial charge on any atom is -0.455 e. The van der Waals surface area contributed by atoms with Gasteiger partial charge in [0.1, 0.15) is 11.2 Å². The summed E-state index contributed by atoms with van der Waals surface area (Å²) >= 11 is 0. The predicted octanol–water partition coefficient (Wildman–Crippen LogP) is 15.0. The minimum absolute atomic E-state index is 0.265. The SMILES string of the molecule is CC1(C)c2cc(N(C3=CC=C(c4ccccc4)CC3)C3=C(c4ccccc4)C=CCC3)ccc2-c2c1c1ccccc1c1c2oc2cc(-c3ccccc3)ccc21. The zero-order valence-corrected chi connectivity index (χ0v) is 32.4. The molecule has 0 fully saturated rings. The molecule has 0 saturated carbocycles. The van der Waals surface area contributed by atoms with Gasteiger partial charge in [-0.05, 0) is 111 Å². The largest absolute Gasteiger partial charge is 0.455 e. The van der Waals surface area contributed by atoms with E-state index >= 15 is 0 Å². The van der Waals surface area contributed by atoms with Crippen molar-refractivity contribution in [1.29, 1.82) is 0 Å². The third-order valence-electron chi connectivity index (χ3n) is 12.6. The van der Waals surface area contributed by atoms with Gasteiger partial charge >= 0.3 is 0 Å². The maximum Gasteiger partial charge on any atom is 0.144 e. The van der Waals surface area contributed by atoms with E-state index in [2.05, 4.69) is 195 Å². The Labute approximate surface area is 334 Å². The van der Waals surface area contributed by atoms with E-state index in [1.165, 1.54) is 83.3 Å². The first-order valence-corrected chi connectivity index (χ1v) is 20.4. The Kier molecular flexibility index (Phi) is 7.83. The van der Waals surface area contributed by atoms with Crippen molar-refractivity contribution in [2.75, 3.05) is 4.90 Å². The monoisotopic (exact) mass is 733 g/mol. The highest BCUT2D eigenvalue weighted by Crippen LogP contribution is 2.57. The normalized spacial score (nSPS) is 15.8. The third-order valence-corrected chi connectivity index (χ3v) is 12.6. The van der Waals surface area contributed by atoms with Crippen LogP contribution in [-0.2, 0) is 5.41 Å². The molecule has 11 rings (SSSR count). The van der Waals surface area contributed by atoms with Crippen molar-refractivity contribution in [3.05, 3.63) is 210 Å². The molecule has 0 N–H and O–H groups in total. The fourth-order valence-corrected chi connectivity index (χ4v) is 9.93. The van der Waals surface area contributed by atoms with Crippen LogP contribution in [0, 0.1) is 0 Å². The molecule has 3 aliphatic rings. The van der Waals surface area contributed by atoms with Crippen molar-refractivity contribution < 1.29 is 4.42 Å². The van der Waals surface area contributed by atoms with E-state index in [1.54, 1.807) is 0 Å². The Morgan fingerprint density at radius 3 is 2.02 bits per heavy atom. The van der Waals surface area contributed by atoms with E-state index in [-0.39, 0.29) is 5.41 Å². The predicted molar refractivity (Wildman–Crippen MR) is 240 cm³/mol. The molecule has 274 valence electrons. The van der Waals surface area contributed by atoms with E-state index in [1.807, 2.05) is 0 Å². The Morgan fingerprint density at radius 1 is 0.579 bits per heavy atom. The Morgan fingerprint density at radius 2 is 1.28 bits per heavy atom. The molecule has 8 aromatic rings. The standard InChI is InChI=1S/C55H43NO/c1-55(2)48-35-42(56(41-29-26-38(27-30-41)36-16-6-3-7-17-36)49-25-15-14-22-43(49)39-20-10-5-11-21-39)31-33-46(48)52-53(55)45-24-13-12-23-44(45)51-47-32-28-40(34-50(47)57-54(51)52)37-18-8-4-9-19-37/h3-14,16-24,26,28-29,31-35H,15,25,27,30H2,1-2H3. The lowest BCUT2D eigenvalue weighted by molar-refractivity contribution is 0.657. The van der Waals surface area contributed by atoms with E-state index in [9.17, 15) is 0 Å². The summed E-state index contributed by atoms with van der Waals surface area (Å²) in [6.45, 7) is 4.82. The summed E-state index contributed by atoms with van der Waals surface area (Å²) in [5.41, 5.74) is 18.4. The number of anilines is 1. The number of hydrogen-bond donors (Lipinski definition) is 0. The van der Waals surface area contributed by atoms with Gasteiger partial charge in [0.25, 0.3) is 0 Å². The molecule has 0 radical (unpaired) electrons. The molecule has 0 atom stereocenters. The van der Waals surface area contributed by atoms with Crippen LogP contribution in [0.5, 0.6) is 0 Å². The number of hydrogen-bond acceptors (Lipinski definition) is 2. The molecule has 57 heavy (non-hydrogen) atoms. The number of allylic oxidation sites excluding steroid dienone is 8. The van der Waals surface area contributed by atoms with Gasteiger partial charge in [-0.3, -0.25) is 0 Å².